The highest BCUT2D eigenvalue weighted by Crippen LogP contribution is 2.25. The minimum atomic E-state index is -1.28. The van der Waals surface area contributed by atoms with E-state index < -0.39 is 54.2 Å². The highest BCUT2D eigenvalue weighted by molar-refractivity contribution is 5.98. The Hall–Kier alpha value is -3.48. The molecule has 13 nitrogen and oxygen atoms in total. The van der Waals surface area contributed by atoms with Gasteiger partial charge in [0.05, 0.1) is 18.6 Å². The van der Waals surface area contributed by atoms with Crippen LogP contribution in [0.1, 0.15) is 128 Å². The number of rotatable bonds is 10. The molecule has 0 radical (unpaired) electrons. The molecule has 2 aliphatic heterocycles. The van der Waals surface area contributed by atoms with Crippen LogP contribution < -0.4 is 10.6 Å². The van der Waals surface area contributed by atoms with E-state index in [0.29, 0.717) is 57.1 Å². The Balaban J connectivity index is 2.79. The zero-order valence-corrected chi connectivity index (χ0v) is 37.1. The molecule has 1 fully saturated rings. The molecule has 0 saturated carbocycles. The van der Waals surface area contributed by atoms with Crippen molar-refractivity contribution in [3.63, 3.8) is 0 Å². The van der Waals surface area contributed by atoms with Gasteiger partial charge >= 0.3 is 0 Å². The van der Waals surface area contributed by atoms with E-state index >= 15 is 0 Å². The van der Waals surface area contributed by atoms with Crippen molar-refractivity contribution in [3.8, 4) is 0 Å². The van der Waals surface area contributed by atoms with Crippen LogP contribution in [-0.4, -0.2) is 130 Å². The molecule has 0 unspecified atom stereocenters. The second-order valence-electron chi connectivity index (χ2n) is 18.6. The van der Waals surface area contributed by atoms with E-state index in [2.05, 4.69) is 10.6 Å². The average molecular weight is 789 g/mol. The SMILES string of the molecule is CC1=C[C@H](CC(C)C)NC(=O)[C@@H]2CCCN2C(=O)[C@H](CC(C)C)N(C)C(=O)C[C@@H](O)[C@@H](CC(C)C)NC(=O)[C@H](CC(C)C)N(C)C(=O)[C@H](CC(C)C)N(C)C1=O. The number of amides is 6. The zero-order chi connectivity index (χ0) is 42.8. The average Bonchev–Trinajstić information content (AvgIpc) is 3.59. The molecular formula is C43H76N6O7. The first-order valence-corrected chi connectivity index (χ1v) is 21.0. The van der Waals surface area contributed by atoms with E-state index in [4.69, 9.17) is 0 Å². The van der Waals surface area contributed by atoms with Crippen LogP contribution in [0.3, 0.4) is 0 Å². The van der Waals surface area contributed by atoms with Crippen molar-refractivity contribution < 1.29 is 33.9 Å². The smallest absolute Gasteiger partial charge is 0.249 e. The van der Waals surface area contributed by atoms with Crippen molar-refractivity contribution in [1.29, 1.82) is 0 Å². The zero-order valence-electron chi connectivity index (χ0n) is 37.1. The molecule has 2 aliphatic rings. The Kier molecular flexibility index (Phi) is 19.0. The van der Waals surface area contributed by atoms with Gasteiger partial charge in [0.1, 0.15) is 24.2 Å². The summed E-state index contributed by atoms with van der Waals surface area (Å²) in [5.41, 5.74) is 0.364. The minimum Gasteiger partial charge on any atom is -0.390 e. The second kappa shape index (κ2) is 21.9. The van der Waals surface area contributed by atoms with Crippen molar-refractivity contribution >= 4 is 35.4 Å². The molecule has 0 bridgehead atoms. The topological polar surface area (TPSA) is 160 Å². The third-order valence-electron chi connectivity index (χ3n) is 11.0. The van der Waals surface area contributed by atoms with Crippen LogP contribution in [0.5, 0.6) is 0 Å². The van der Waals surface area contributed by atoms with Crippen LogP contribution in [0.2, 0.25) is 0 Å². The molecule has 0 spiro atoms. The predicted molar refractivity (Wildman–Crippen MR) is 220 cm³/mol. The Morgan fingerprint density at radius 1 is 0.643 bits per heavy atom. The van der Waals surface area contributed by atoms with Gasteiger partial charge < -0.3 is 35.3 Å². The lowest BCUT2D eigenvalue weighted by Gasteiger charge is -2.37. The highest BCUT2D eigenvalue weighted by Gasteiger charge is 2.42. The lowest BCUT2D eigenvalue weighted by atomic mass is 9.94. The van der Waals surface area contributed by atoms with E-state index in [1.165, 1.54) is 14.7 Å². The molecule has 56 heavy (non-hydrogen) atoms. The Morgan fingerprint density at radius 2 is 1.14 bits per heavy atom. The molecule has 0 aliphatic carbocycles. The van der Waals surface area contributed by atoms with Crippen LogP contribution in [0, 0.1) is 29.6 Å². The first-order valence-electron chi connectivity index (χ1n) is 21.0. The summed E-state index contributed by atoms with van der Waals surface area (Å²) in [5.74, 6) is -1.96. The van der Waals surface area contributed by atoms with Gasteiger partial charge in [-0.1, -0.05) is 75.3 Å². The lowest BCUT2D eigenvalue weighted by Crippen LogP contribution is -2.58. The Bertz CT molecular complexity index is 1390. The van der Waals surface area contributed by atoms with Crippen LogP contribution in [0.25, 0.3) is 0 Å². The summed E-state index contributed by atoms with van der Waals surface area (Å²) in [6, 6.07) is -4.75. The number of carbonyl (C=O) groups is 6. The Labute approximate surface area is 337 Å². The van der Waals surface area contributed by atoms with Crippen molar-refractivity contribution in [2.24, 2.45) is 29.6 Å². The maximum atomic E-state index is 14.5. The fourth-order valence-electron chi connectivity index (χ4n) is 8.00. The van der Waals surface area contributed by atoms with Crippen LogP contribution in [0.15, 0.2) is 11.6 Å². The molecule has 6 amide bonds. The summed E-state index contributed by atoms with van der Waals surface area (Å²) in [6.45, 7) is 21.8. The van der Waals surface area contributed by atoms with Gasteiger partial charge in [0.2, 0.25) is 35.4 Å². The normalized spacial score (nSPS) is 27.6. The number of nitrogens with zero attached hydrogens (tertiary/aromatic N) is 4. The number of likely N-dealkylation sites (N-methyl/N-ethyl adjacent to an activating group) is 3. The molecule has 2 rings (SSSR count). The maximum Gasteiger partial charge on any atom is 0.249 e. The molecule has 320 valence electrons. The summed E-state index contributed by atoms with van der Waals surface area (Å²) >= 11 is 0. The molecule has 7 atom stereocenters. The molecule has 0 aromatic heterocycles. The third-order valence-corrected chi connectivity index (χ3v) is 11.0. The van der Waals surface area contributed by atoms with Gasteiger partial charge in [-0.2, -0.15) is 0 Å². The lowest BCUT2D eigenvalue weighted by molar-refractivity contribution is -0.149. The summed E-state index contributed by atoms with van der Waals surface area (Å²) < 4.78 is 0. The molecule has 0 aromatic rings. The predicted octanol–water partition coefficient (Wildman–Crippen LogP) is 4.37. The number of aliphatic hydroxyl groups excluding tert-OH is 1. The maximum absolute atomic E-state index is 14.5. The van der Waals surface area contributed by atoms with Gasteiger partial charge in [-0.3, -0.25) is 28.8 Å². The summed E-state index contributed by atoms with van der Waals surface area (Å²) in [5, 5.41) is 17.7. The molecule has 2 heterocycles. The first kappa shape index (κ1) is 48.7. The van der Waals surface area contributed by atoms with Crippen molar-refractivity contribution in [2.45, 2.75) is 170 Å². The molecule has 1 saturated heterocycles. The highest BCUT2D eigenvalue weighted by atomic mass is 16.3. The van der Waals surface area contributed by atoms with Crippen LogP contribution >= 0.6 is 0 Å². The summed E-state index contributed by atoms with van der Waals surface area (Å²) in [6.07, 6.45) is 3.16. The van der Waals surface area contributed by atoms with Crippen molar-refractivity contribution in [2.75, 3.05) is 27.7 Å². The number of hydrogen-bond acceptors (Lipinski definition) is 7. The minimum absolute atomic E-state index is 0.0232. The van der Waals surface area contributed by atoms with Gasteiger partial charge in [0, 0.05) is 39.3 Å². The molecule has 3 N–H and O–H groups in total. The van der Waals surface area contributed by atoms with E-state index in [-0.39, 0.29) is 59.6 Å². The van der Waals surface area contributed by atoms with Gasteiger partial charge in [0.25, 0.3) is 0 Å². The summed E-state index contributed by atoms with van der Waals surface area (Å²) in [7, 11) is 4.75. The number of hydrogen-bond donors (Lipinski definition) is 3. The van der Waals surface area contributed by atoms with E-state index in [1.807, 2.05) is 69.2 Å². The second-order valence-corrected chi connectivity index (χ2v) is 18.6. The monoisotopic (exact) mass is 789 g/mol. The van der Waals surface area contributed by atoms with E-state index in [9.17, 15) is 33.9 Å². The Morgan fingerprint density at radius 3 is 1.66 bits per heavy atom. The van der Waals surface area contributed by atoms with Crippen molar-refractivity contribution in [3.05, 3.63) is 11.6 Å². The number of aliphatic hydroxyl groups is 1. The number of fused-ring (bicyclic) bond motifs is 1. The molecule has 13 heteroatoms. The molecule has 0 aromatic carbocycles. The van der Waals surface area contributed by atoms with Crippen LogP contribution in [0.4, 0.5) is 0 Å². The standard InChI is InChI=1S/C43H76N6O7/c1-25(2)18-31-23-30(11)41(54)48(14)35(21-28(7)8)42(55)47(13)34(20-27(5)6)40(53)45-32(19-26(3)4)37(50)24-38(51)46(12)36(22-29(9)10)43(56)49-17-15-16-33(49)39(52)44-31/h23,25-29,31-37,50H,15-22,24H2,1-14H3,(H,44,52)(H,45,53)/t31-,32+,33-,34-,35-,36-,37+/m0/s1. The summed E-state index contributed by atoms with van der Waals surface area (Å²) in [4.78, 5) is 91.0. The van der Waals surface area contributed by atoms with Crippen LogP contribution in [-0.2, 0) is 28.8 Å². The fourth-order valence-corrected chi connectivity index (χ4v) is 8.00. The van der Waals surface area contributed by atoms with Gasteiger partial charge in [0.15, 0.2) is 0 Å². The van der Waals surface area contributed by atoms with E-state index in [1.54, 1.807) is 39.0 Å². The number of nitrogens with one attached hydrogen (secondary N) is 2. The van der Waals surface area contributed by atoms with E-state index in [0.717, 1.165) is 0 Å². The number of carbonyl (C=O) groups excluding carboxylic acids is 6. The first-order chi connectivity index (χ1) is 26.0. The fraction of sp³-hybridized carbons (Fsp3) is 0.814. The molecular weight excluding hydrogens is 713 g/mol. The van der Waals surface area contributed by atoms with Gasteiger partial charge in [-0.25, -0.2) is 0 Å². The van der Waals surface area contributed by atoms with Gasteiger partial charge in [-0.15, -0.1) is 0 Å². The third kappa shape index (κ3) is 13.9. The van der Waals surface area contributed by atoms with Crippen molar-refractivity contribution in [1.82, 2.24) is 30.2 Å². The largest absolute Gasteiger partial charge is 0.390 e. The van der Waals surface area contributed by atoms with Gasteiger partial charge in [-0.05, 0) is 81.5 Å². The quantitative estimate of drug-likeness (QED) is 0.297.